The van der Waals surface area contributed by atoms with E-state index in [0.717, 1.165) is 34.8 Å². The lowest BCUT2D eigenvalue weighted by Gasteiger charge is -2.51. The highest BCUT2D eigenvalue weighted by Crippen LogP contribution is 2.59. The van der Waals surface area contributed by atoms with E-state index in [4.69, 9.17) is 14.2 Å². The summed E-state index contributed by atoms with van der Waals surface area (Å²) in [7, 11) is -5.83. The Morgan fingerprint density at radius 1 is 0.872 bits per heavy atom. The SMILES string of the molecule is O=C(COc1cccc2c1C(=O)N(C1CCC(=O)NC1=O)C2=O)NCCOCCOCCC(=O)NC1(c2ccccn2)CN(C(=O)[C@@H]2CC[C@H]3CCCC[C@H](NC(=O)c4cc5cc(C(F)(F)P(=O)(O)O)ccc5s4)C(=O)N32)C1. The monoisotopic (exact) mass is 1120 g/mol. The Bertz CT molecular complexity index is 3100. The van der Waals surface area contributed by atoms with Crippen molar-refractivity contribution >= 4 is 82.2 Å². The van der Waals surface area contributed by atoms with Crippen molar-refractivity contribution < 1.29 is 80.5 Å². The van der Waals surface area contributed by atoms with Gasteiger partial charge in [-0.1, -0.05) is 31.0 Å². The molecule has 414 valence electrons. The van der Waals surface area contributed by atoms with Crippen molar-refractivity contribution in [3.8, 4) is 5.75 Å². The second-order valence-electron chi connectivity index (χ2n) is 19.5. The van der Waals surface area contributed by atoms with Crippen molar-refractivity contribution in [2.24, 2.45) is 0 Å². The molecule has 27 heteroatoms. The largest absolute Gasteiger partial charge is 0.483 e. The first-order valence-corrected chi connectivity index (χ1v) is 27.7. The van der Waals surface area contributed by atoms with E-state index < -0.39 is 90.4 Å². The Balaban J connectivity index is 0.707. The van der Waals surface area contributed by atoms with E-state index in [1.165, 1.54) is 30.3 Å². The normalized spacial score (nSPS) is 21.3. The number of piperidine rings is 1. The smallest absolute Gasteiger partial charge is 0.399 e. The number of thiophene rings is 1. The fourth-order valence-electron chi connectivity index (χ4n) is 10.4. The lowest BCUT2D eigenvalue weighted by atomic mass is 9.84. The topological polar surface area (TPSA) is 310 Å². The Labute approximate surface area is 447 Å². The number of likely N-dealkylation sites (tertiary alicyclic amines) is 1. The van der Waals surface area contributed by atoms with E-state index in [1.807, 2.05) is 0 Å². The molecule has 5 aliphatic rings. The zero-order chi connectivity index (χ0) is 55.5. The summed E-state index contributed by atoms with van der Waals surface area (Å²) in [6.45, 7) is 0.158. The number of nitrogens with one attached hydrogen (secondary N) is 4. The average molecular weight is 1120 g/mol. The molecule has 2 aromatic carbocycles. The van der Waals surface area contributed by atoms with Gasteiger partial charge in [-0.05, 0) is 80.0 Å². The Morgan fingerprint density at radius 3 is 2.38 bits per heavy atom. The minimum atomic E-state index is -5.83. The van der Waals surface area contributed by atoms with E-state index in [2.05, 4.69) is 26.3 Å². The number of hydrogen-bond acceptors (Lipinski definition) is 15. The van der Waals surface area contributed by atoms with E-state index in [0.29, 0.717) is 42.5 Å². The van der Waals surface area contributed by atoms with Gasteiger partial charge >= 0.3 is 13.3 Å². The second kappa shape index (κ2) is 23.1. The maximum atomic E-state index is 14.5. The highest BCUT2D eigenvalue weighted by molar-refractivity contribution is 7.52. The van der Waals surface area contributed by atoms with Crippen LogP contribution in [0.4, 0.5) is 8.78 Å². The van der Waals surface area contributed by atoms with Crippen molar-refractivity contribution in [1.29, 1.82) is 0 Å². The Hall–Kier alpha value is -7.09. The highest BCUT2D eigenvalue weighted by Gasteiger charge is 2.54. The van der Waals surface area contributed by atoms with Crippen LogP contribution in [0.5, 0.6) is 5.75 Å². The van der Waals surface area contributed by atoms with Gasteiger partial charge in [0.25, 0.3) is 23.6 Å². The first-order valence-electron chi connectivity index (χ1n) is 25.3. The molecule has 4 saturated heterocycles. The van der Waals surface area contributed by atoms with Crippen LogP contribution < -0.4 is 26.0 Å². The average Bonchev–Trinajstić information content (AvgIpc) is 4.24. The number of rotatable bonds is 20. The van der Waals surface area contributed by atoms with Gasteiger partial charge in [-0.25, -0.2) is 0 Å². The molecule has 7 heterocycles. The molecule has 0 saturated carbocycles. The zero-order valence-corrected chi connectivity index (χ0v) is 43.5. The van der Waals surface area contributed by atoms with Crippen molar-refractivity contribution in [3.63, 3.8) is 0 Å². The first kappa shape index (κ1) is 55.7. The van der Waals surface area contributed by atoms with Gasteiger partial charge < -0.3 is 49.7 Å². The molecular weight excluding hydrogens is 1070 g/mol. The van der Waals surface area contributed by atoms with Crippen LogP contribution in [0, 0.1) is 0 Å². The summed E-state index contributed by atoms with van der Waals surface area (Å²) < 4.78 is 57.6. The number of amides is 9. The lowest BCUT2D eigenvalue weighted by molar-refractivity contribution is -0.154. The third kappa shape index (κ3) is 11.5. The molecular formula is C51H55F2N8O15PS. The van der Waals surface area contributed by atoms with Crippen molar-refractivity contribution in [3.05, 3.63) is 94.1 Å². The molecule has 9 amide bonds. The fraction of sp³-hybridized carbons (Fsp3) is 0.451. The number of alkyl halides is 2. The molecule has 0 spiro atoms. The number of ether oxygens (including phenoxy) is 3. The third-order valence-electron chi connectivity index (χ3n) is 14.3. The highest BCUT2D eigenvalue weighted by atomic mass is 32.1. The number of carbonyl (C=O) groups is 9. The maximum absolute atomic E-state index is 14.5. The quantitative estimate of drug-likeness (QED) is 0.0421. The summed E-state index contributed by atoms with van der Waals surface area (Å²) in [5.74, 6) is -5.01. The Morgan fingerprint density at radius 2 is 1.64 bits per heavy atom. The Kier molecular flexibility index (Phi) is 16.5. The van der Waals surface area contributed by atoms with Crippen LogP contribution in [-0.2, 0) is 54.0 Å². The van der Waals surface area contributed by atoms with Crippen molar-refractivity contribution in [2.75, 3.05) is 52.7 Å². The summed E-state index contributed by atoms with van der Waals surface area (Å²) in [5.41, 5.74) is -5.91. The summed E-state index contributed by atoms with van der Waals surface area (Å²) >= 11 is 0.968. The molecule has 2 aromatic heterocycles. The summed E-state index contributed by atoms with van der Waals surface area (Å²) in [6, 6.07) is 10.7. The molecule has 78 heavy (non-hydrogen) atoms. The predicted octanol–water partition coefficient (Wildman–Crippen LogP) is 2.43. The number of imide groups is 2. The van der Waals surface area contributed by atoms with Gasteiger partial charge in [-0.15, -0.1) is 11.3 Å². The van der Waals surface area contributed by atoms with Gasteiger partial charge in [0.2, 0.25) is 29.5 Å². The number of hydrogen-bond donors (Lipinski definition) is 6. The lowest BCUT2D eigenvalue weighted by Crippen LogP contribution is -2.71. The summed E-state index contributed by atoms with van der Waals surface area (Å²) in [4.78, 5) is 146. The molecule has 1 unspecified atom stereocenters. The van der Waals surface area contributed by atoms with Gasteiger partial charge in [0.1, 0.15) is 29.4 Å². The minimum Gasteiger partial charge on any atom is -0.483 e. The van der Waals surface area contributed by atoms with Crippen LogP contribution in [0.3, 0.4) is 0 Å². The summed E-state index contributed by atoms with van der Waals surface area (Å²) in [6.07, 6.45) is 4.78. The first-order chi connectivity index (χ1) is 37.3. The van der Waals surface area contributed by atoms with Crippen LogP contribution in [0.15, 0.2) is 66.9 Å². The fourth-order valence-corrected chi connectivity index (χ4v) is 11.9. The van der Waals surface area contributed by atoms with Crippen molar-refractivity contribution in [2.45, 2.75) is 93.2 Å². The molecule has 0 radical (unpaired) electrons. The maximum Gasteiger partial charge on any atom is 0.399 e. The molecule has 0 bridgehead atoms. The van der Waals surface area contributed by atoms with Gasteiger partial charge in [0, 0.05) is 41.9 Å². The minimum absolute atomic E-state index is 0.0103. The number of fused-ring (bicyclic) bond motifs is 3. The number of benzene rings is 2. The number of halogens is 2. The molecule has 5 aliphatic heterocycles. The van der Waals surface area contributed by atoms with E-state index in [9.17, 15) is 66.3 Å². The van der Waals surface area contributed by atoms with Crippen LogP contribution in [-0.4, -0.2) is 159 Å². The van der Waals surface area contributed by atoms with Crippen molar-refractivity contribution in [1.82, 2.24) is 41.0 Å². The molecule has 6 N–H and O–H groups in total. The molecule has 9 rings (SSSR count). The number of pyridine rings is 1. The van der Waals surface area contributed by atoms with Gasteiger partial charge in [0.05, 0.1) is 61.2 Å². The van der Waals surface area contributed by atoms with Gasteiger partial charge in [0.15, 0.2) is 6.61 Å². The molecule has 4 fully saturated rings. The third-order valence-corrected chi connectivity index (χ3v) is 16.5. The van der Waals surface area contributed by atoms with Crippen LogP contribution in [0.2, 0.25) is 0 Å². The zero-order valence-electron chi connectivity index (χ0n) is 41.8. The second-order valence-corrected chi connectivity index (χ2v) is 22.3. The molecule has 23 nitrogen and oxygen atoms in total. The van der Waals surface area contributed by atoms with Gasteiger partial charge in [-0.2, -0.15) is 8.78 Å². The van der Waals surface area contributed by atoms with E-state index in [-0.39, 0.29) is 110 Å². The van der Waals surface area contributed by atoms with Gasteiger partial charge in [-0.3, -0.25) is 62.9 Å². The number of aromatic nitrogens is 1. The number of carbonyl (C=O) groups excluding carboxylic acids is 9. The van der Waals surface area contributed by atoms with E-state index in [1.54, 1.807) is 34.2 Å². The predicted molar refractivity (Wildman–Crippen MR) is 270 cm³/mol. The molecule has 4 aromatic rings. The van der Waals surface area contributed by atoms with E-state index >= 15 is 0 Å². The van der Waals surface area contributed by atoms with Crippen LogP contribution in [0.1, 0.15) is 99.4 Å². The van der Waals surface area contributed by atoms with Crippen LogP contribution >= 0.6 is 18.9 Å². The molecule has 0 aliphatic carbocycles. The van der Waals surface area contributed by atoms with Crippen LogP contribution in [0.25, 0.3) is 10.1 Å². The number of nitrogens with zero attached hydrogens (tertiary/aromatic N) is 4. The standard InChI is InChI=1S/C51H55F2N8O15PS/c52-51(53,77(71,72)73)30-11-15-37-29(24-30)25-38(78-37)45(66)56-33-8-2-1-6-31-12-13-35(60(31)47(33)68)48(69)59-27-50(28-59,39-10-3-4-18-54-39)58-41(63)17-20-74-22-23-75-21-19-55-42(64)26-76-36-9-5-7-32-43(36)49(70)61(46(32)67)34-14-16-40(62)57-44(34)65/h3-5,7,9-11,15,18,24-25,31,33-35H,1-2,6,8,12-14,16-17,19-23,26-28H2,(H,55,64)(H,56,66)(H,58,63)(H,57,62,65)(H2,71,72,73)/t31-,33+,34?,35+/m1/s1. The molecule has 4 atom stereocenters. The summed E-state index contributed by atoms with van der Waals surface area (Å²) in [5, 5.41) is 10.8.